The van der Waals surface area contributed by atoms with Gasteiger partial charge in [-0.05, 0) is 56.3 Å². The third-order valence-corrected chi connectivity index (χ3v) is 5.98. The van der Waals surface area contributed by atoms with E-state index in [1.54, 1.807) is 67.8 Å². The van der Waals surface area contributed by atoms with Crippen LogP contribution in [0.4, 0.5) is 11.4 Å². The fraction of sp³-hybridized carbons (Fsp3) is 0.179. The number of aromatic nitrogens is 1. The molecule has 0 aliphatic heterocycles. The van der Waals surface area contributed by atoms with Crippen molar-refractivity contribution in [2.24, 2.45) is 0 Å². The molecule has 1 aromatic heterocycles. The lowest BCUT2D eigenvalue weighted by atomic mass is 10.1. The topological polar surface area (TPSA) is 92.7 Å². The number of carbonyl (C=O) groups excluding carboxylic acids is 2. The molecule has 8 nitrogen and oxygen atoms in total. The predicted molar refractivity (Wildman–Crippen MR) is 143 cm³/mol. The number of benzene rings is 3. The minimum absolute atomic E-state index is 0.241. The average Bonchev–Trinajstić information content (AvgIpc) is 2.91. The van der Waals surface area contributed by atoms with E-state index in [0.29, 0.717) is 27.8 Å². The van der Waals surface area contributed by atoms with E-state index >= 15 is 0 Å². The Kier molecular flexibility index (Phi) is 7.34. The van der Waals surface area contributed by atoms with E-state index in [1.807, 2.05) is 12.1 Å². The molecule has 0 unspecified atom stereocenters. The number of hydrogen-bond acceptors (Lipinski definition) is 5. The molecule has 8 heteroatoms. The highest BCUT2D eigenvalue weighted by Gasteiger charge is 2.17. The SMILES string of the molecule is CCN(CC)c1ccc(C(=O)Nn2cc(C(=O)Nc3cccc(OC)c3)c3ccccc3c2=O)cc1. The van der Waals surface area contributed by atoms with Crippen molar-refractivity contribution in [3.05, 3.63) is 100 Å². The summed E-state index contributed by atoms with van der Waals surface area (Å²) >= 11 is 0. The van der Waals surface area contributed by atoms with Gasteiger partial charge in [-0.15, -0.1) is 0 Å². The molecule has 36 heavy (non-hydrogen) atoms. The van der Waals surface area contributed by atoms with E-state index in [9.17, 15) is 14.4 Å². The Hall–Kier alpha value is -4.59. The summed E-state index contributed by atoms with van der Waals surface area (Å²) in [7, 11) is 1.55. The van der Waals surface area contributed by atoms with E-state index in [-0.39, 0.29) is 5.56 Å². The number of methoxy groups -OCH3 is 1. The van der Waals surface area contributed by atoms with Gasteiger partial charge < -0.3 is 15.0 Å². The molecular weight excluding hydrogens is 456 g/mol. The van der Waals surface area contributed by atoms with Gasteiger partial charge in [-0.1, -0.05) is 24.3 Å². The first kappa shape index (κ1) is 24.5. The third-order valence-electron chi connectivity index (χ3n) is 5.98. The fourth-order valence-corrected chi connectivity index (χ4v) is 4.04. The zero-order valence-electron chi connectivity index (χ0n) is 20.4. The smallest absolute Gasteiger partial charge is 0.277 e. The van der Waals surface area contributed by atoms with Gasteiger partial charge in [0.05, 0.1) is 12.7 Å². The molecule has 0 radical (unpaired) electrons. The van der Waals surface area contributed by atoms with Crippen LogP contribution in [-0.2, 0) is 0 Å². The van der Waals surface area contributed by atoms with E-state index in [4.69, 9.17) is 4.74 Å². The Balaban J connectivity index is 1.66. The predicted octanol–water partition coefficient (Wildman–Crippen LogP) is 4.49. The molecule has 0 saturated heterocycles. The number of anilines is 2. The van der Waals surface area contributed by atoms with Crippen molar-refractivity contribution < 1.29 is 14.3 Å². The number of hydrogen-bond donors (Lipinski definition) is 2. The maximum absolute atomic E-state index is 13.2. The Bertz CT molecular complexity index is 1460. The first-order valence-electron chi connectivity index (χ1n) is 11.7. The van der Waals surface area contributed by atoms with Crippen molar-refractivity contribution in [3.8, 4) is 5.75 Å². The highest BCUT2D eigenvalue weighted by atomic mass is 16.5. The molecule has 184 valence electrons. The van der Waals surface area contributed by atoms with E-state index in [0.717, 1.165) is 23.5 Å². The van der Waals surface area contributed by atoms with Crippen molar-refractivity contribution in [1.29, 1.82) is 0 Å². The molecule has 1 heterocycles. The van der Waals surface area contributed by atoms with Crippen LogP contribution in [0, 0.1) is 0 Å². The molecule has 0 aliphatic carbocycles. The number of amides is 2. The Morgan fingerprint density at radius 3 is 2.25 bits per heavy atom. The van der Waals surface area contributed by atoms with Gasteiger partial charge >= 0.3 is 0 Å². The molecule has 0 saturated carbocycles. The lowest BCUT2D eigenvalue weighted by Crippen LogP contribution is -2.34. The van der Waals surface area contributed by atoms with Gasteiger partial charge in [-0.3, -0.25) is 19.8 Å². The lowest BCUT2D eigenvalue weighted by molar-refractivity contribution is 0.0999. The first-order chi connectivity index (χ1) is 17.4. The van der Waals surface area contributed by atoms with Crippen LogP contribution in [-0.4, -0.2) is 36.7 Å². The number of fused-ring (bicyclic) bond motifs is 1. The maximum Gasteiger partial charge on any atom is 0.277 e. The summed E-state index contributed by atoms with van der Waals surface area (Å²) in [6.45, 7) is 5.85. The molecule has 0 bridgehead atoms. The normalized spacial score (nSPS) is 10.6. The summed E-state index contributed by atoms with van der Waals surface area (Å²) in [6, 6.07) is 20.9. The molecule has 3 aromatic carbocycles. The number of ether oxygens (including phenoxy) is 1. The Morgan fingerprint density at radius 1 is 0.889 bits per heavy atom. The van der Waals surface area contributed by atoms with Crippen LogP contribution in [0.2, 0.25) is 0 Å². The number of rotatable bonds is 8. The van der Waals surface area contributed by atoms with Crippen LogP contribution in [0.5, 0.6) is 5.75 Å². The van der Waals surface area contributed by atoms with E-state index in [1.165, 1.54) is 6.20 Å². The molecule has 0 fully saturated rings. The van der Waals surface area contributed by atoms with Gasteiger partial charge in [0.1, 0.15) is 5.75 Å². The first-order valence-corrected chi connectivity index (χ1v) is 11.7. The largest absolute Gasteiger partial charge is 0.497 e. The van der Waals surface area contributed by atoms with Crippen molar-refractivity contribution in [2.75, 3.05) is 35.8 Å². The molecule has 0 atom stereocenters. The maximum atomic E-state index is 13.2. The molecule has 4 rings (SSSR count). The van der Waals surface area contributed by atoms with Gasteiger partial charge in [0, 0.05) is 53.1 Å². The highest BCUT2D eigenvalue weighted by Crippen LogP contribution is 2.20. The quantitative estimate of drug-likeness (QED) is 0.384. The molecule has 4 aromatic rings. The summed E-state index contributed by atoms with van der Waals surface area (Å²) in [6.07, 6.45) is 1.35. The van der Waals surface area contributed by atoms with Crippen LogP contribution >= 0.6 is 0 Å². The summed E-state index contributed by atoms with van der Waals surface area (Å²) in [4.78, 5) is 41.5. The summed E-state index contributed by atoms with van der Waals surface area (Å²) in [5.74, 6) is -0.287. The van der Waals surface area contributed by atoms with Crippen molar-refractivity contribution in [2.45, 2.75) is 13.8 Å². The fourth-order valence-electron chi connectivity index (χ4n) is 4.04. The summed E-state index contributed by atoms with van der Waals surface area (Å²) in [5, 5.41) is 3.63. The van der Waals surface area contributed by atoms with Gasteiger partial charge in [-0.25, -0.2) is 4.68 Å². The lowest BCUT2D eigenvalue weighted by Gasteiger charge is -2.21. The van der Waals surface area contributed by atoms with Crippen LogP contribution in [0.1, 0.15) is 34.6 Å². The standard InChI is InChI=1S/C28H28N4O4/c1-4-31(5-2)21-15-13-19(14-16-21)26(33)30-32-18-25(23-11-6-7-12-24(23)28(32)35)27(34)29-20-9-8-10-22(17-20)36-3/h6-18H,4-5H2,1-3H3,(H,29,34)(H,30,33). The molecule has 0 aliphatic rings. The second-order valence-electron chi connectivity index (χ2n) is 8.11. The zero-order valence-corrected chi connectivity index (χ0v) is 20.4. The summed E-state index contributed by atoms with van der Waals surface area (Å²) in [5.41, 5.74) is 4.38. The molecular formula is C28H28N4O4. The second kappa shape index (κ2) is 10.8. The minimum Gasteiger partial charge on any atom is -0.497 e. The number of nitrogens with one attached hydrogen (secondary N) is 2. The van der Waals surface area contributed by atoms with Crippen LogP contribution in [0.15, 0.2) is 83.8 Å². The zero-order chi connectivity index (χ0) is 25.7. The third kappa shape index (κ3) is 5.07. The van der Waals surface area contributed by atoms with Gasteiger partial charge in [0.2, 0.25) is 0 Å². The number of nitrogens with zero attached hydrogens (tertiary/aromatic N) is 2. The van der Waals surface area contributed by atoms with Gasteiger partial charge in [0.15, 0.2) is 0 Å². The van der Waals surface area contributed by atoms with Crippen LogP contribution in [0.3, 0.4) is 0 Å². The van der Waals surface area contributed by atoms with Gasteiger partial charge in [-0.2, -0.15) is 0 Å². The van der Waals surface area contributed by atoms with Crippen molar-refractivity contribution in [3.63, 3.8) is 0 Å². The Labute approximate surface area is 209 Å². The number of pyridine rings is 1. The summed E-state index contributed by atoms with van der Waals surface area (Å²) < 4.78 is 6.28. The highest BCUT2D eigenvalue weighted by molar-refractivity contribution is 6.12. The molecule has 2 N–H and O–H groups in total. The van der Waals surface area contributed by atoms with Crippen molar-refractivity contribution in [1.82, 2.24) is 4.68 Å². The molecule has 0 spiro atoms. The Morgan fingerprint density at radius 2 is 1.58 bits per heavy atom. The van der Waals surface area contributed by atoms with Crippen molar-refractivity contribution >= 4 is 34.0 Å². The second-order valence-corrected chi connectivity index (χ2v) is 8.11. The number of carbonyl (C=O) groups is 2. The average molecular weight is 485 g/mol. The van der Waals surface area contributed by atoms with E-state index in [2.05, 4.69) is 29.5 Å². The molecule has 2 amide bonds. The minimum atomic E-state index is -0.461. The van der Waals surface area contributed by atoms with Crippen LogP contribution in [0.25, 0.3) is 10.8 Å². The monoisotopic (exact) mass is 484 g/mol. The van der Waals surface area contributed by atoms with Gasteiger partial charge in [0.25, 0.3) is 17.4 Å². The van der Waals surface area contributed by atoms with Crippen LogP contribution < -0.4 is 25.9 Å². The van der Waals surface area contributed by atoms with E-state index < -0.39 is 17.4 Å².